The molecule has 0 saturated carbocycles. The Kier molecular flexibility index (Phi) is 5.81. The Morgan fingerprint density at radius 3 is 2.56 bits per heavy atom. The molecule has 0 saturated heterocycles. The van der Waals surface area contributed by atoms with Crippen molar-refractivity contribution >= 4 is 35.8 Å². The van der Waals surface area contributed by atoms with Crippen molar-refractivity contribution in [2.45, 2.75) is 13.8 Å². The van der Waals surface area contributed by atoms with E-state index in [2.05, 4.69) is 26.5 Å². The van der Waals surface area contributed by atoms with Gasteiger partial charge in [-0.1, -0.05) is 43.1 Å². The molecule has 1 unspecified atom stereocenters. The quantitative estimate of drug-likeness (QED) is 0.776. The Morgan fingerprint density at radius 2 is 2.00 bits per heavy atom. The highest BCUT2D eigenvalue weighted by Crippen LogP contribution is 2.32. The van der Waals surface area contributed by atoms with Crippen molar-refractivity contribution in [3.05, 3.63) is 28.2 Å². The Morgan fingerprint density at radius 1 is 1.31 bits per heavy atom. The highest BCUT2D eigenvalue weighted by Gasteiger charge is 2.13. The van der Waals surface area contributed by atoms with Crippen LogP contribution in [0, 0.1) is 11.8 Å². The highest BCUT2D eigenvalue weighted by atomic mass is 35.5. The topological polar surface area (TPSA) is 9.23 Å². The number of benzene rings is 1. The van der Waals surface area contributed by atoms with Gasteiger partial charge >= 0.3 is 0 Å². The second-order valence-corrected chi connectivity index (χ2v) is 5.20. The van der Waals surface area contributed by atoms with Gasteiger partial charge < -0.3 is 4.74 Å². The van der Waals surface area contributed by atoms with Gasteiger partial charge in [0, 0.05) is 5.92 Å². The van der Waals surface area contributed by atoms with Crippen molar-refractivity contribution in [3.63, 3.8) is 0 Å². The van der Waals surface area contributed by atoms with Crippen LogP contribution in [0.3, 0.4) is 0 Å². The maximum Gasteiger partial charge on any atom is 0.139 e. The minimum absolute atomic E-state index is 0.415. The smallest absolute Gasteiger partial charge is 0.139 e. The van der Waals surface area contributed by atoms with Gasteiger partial charge in [0.25, 0.3) is 0 Å². The summed E-state index contributed by atoms with van der Waals surface area (Å²) in [7, 11) is 0. The first kappa shape index (κ1) is 14.0. The summed E-state index contributed by atoms with van der Waals surface area (Å²) in [5, 5.41) is 0.997. The van der Waals surface area contributed by atoms with Crippen molar-refractivity contribution in [1.82, 2.24) is 0 Å². The van der Waals surface area contributed by atoms with E-state index in [1.54, 1.807) is 6.07 Å². The van der Waals surface area contributed by atoms with Crippen LogP contribution in [0.4, 0.5) is 0 Å². The second-order valence-electron chi connectivity index (χ2n) is 4.05. The lowest BCUT2D eigenvalue weighted by atomic mass is 9.99. The van der Waals surface area contributed by atoms with E-state index < -0.39 is 0 Å². The first-order valence-corrected chi connectivity index (χ1v) is 6.62. The summed E-state index contributed by atoms with van der Waals surface area (Å²) >= 11 is 16.2. The van der Waals surface area contributed by atoms with Crippen molar-refractivity contribution < 1.29 is 4.74 Å². The Labute approximate surface area is 112 Å². The Balaban J connectivity index is 2.64. The molecule has 0 aliphatic heterocycles. The van der Waals surface area contributed by atoms with Gasteiger partial charge in [0.1, 0.15) is 10.8 Å². The van der Waals surface area contributed by atoms with E-state index in [0.717, 1.165) is 5.75 Å². The summed E-state index contributed by atoms with van der Waals surface area (Å²) in [6.45, 7) is 4.93. The van der Waals surface area contributed by atoms with E-state index >= 15 is 0 Å². The molecule has 1 rings (SSSR count). The second kappa shape index (κ2) is 6.63. The van der Waals surface area contributed by atoms with Crippen LogP contribution >= 0.6 is 35.8 Å². The molecule has 0 heterocycles. The summed E-state index contributed by atoms with van der Waals surface area (Å²) in [6.07, 6.45) is 0. The van der Waals surface area contributed by atoms with E-state index in [9.17, 15) is 0 Å². The molecule has 90 valence electrons. The van der Waals surface area contributed by atoms with Gasteiger partial charge in [-0.3, -0.25) is 0 Å². The zero-order valence-electron chi connectivity index (χ0n) is 9.41. The van der Waals surface area contributed by atoms with E-state index in [1.807, 2.05) is 12.1 Å². The lowest BCUT2D eigenvalue weighted by Crippen LogP contribution is -2.19. The summed E-state index contributed by atoms with van der Waals surface area (Å²) < 4.78 is 5.67. The molecule has 0 N–H and O–H groups in total. The fourth-order valence-corrected chi connectivity index (χ4v) is 2.12. The fourth-order valence-electron chi connectivity index (χ4n) is 1.25. The fraction of sp³-hybridized carbons (Fsp3) is 0.500. The Bertz CT molecular complexity index is 342. The standard InChI is InChI=1S/C12H16Cl2OS/c1-8(2)9(7-16)6-15-11-5-3-4-10(13)12(11)14/h3-5,8-9,16H,6-7H2,1-2H3. The summed E-state index contributed by atoms with van der Waals surface area (Å²) in [5.41, 5.74) is 0. The average Bonchev–Trinajstić information content (AvgIpc) is 2.24. The molecule has 0 aromatic heterocycles. The molecule has 0 spiro atoms. The van der Waals surface area contributed by atoms with Crippen molar-refractivity contribution in [3.8, 4) is 5.75 Å². The molecule has 0 amide bonds. The van der Waals surface area contributed by atoms with Crippen LogP contribution in [0.15, 0.2) is 18.2 Å². The number of thiol groups is 1. The largest absolute Gasteiger partial charge is 0.492 e. The van der Waals surface area contributed by atoms with Crippen molar-refractivity contribution in [1.29, 1.82) is 0 Å². The number of hydrogen-bond acceptors (Lipinski definition) is 2. The minimum atomic E-state index is 0.415. The van der Waals surface area contributed by atoms with Gasteiger partial charge in [0.15, 0.2) is 0 Å². The van der Waals surface area contributed by atoms with Gasteiger partial charge in [-0.25, -0.2) is 0 Å². The van der Waals surface area contributed by atoms with Crippen LogP contribution in [0.5, 0.6) is 5.75 Å². The molecule has 1 aromatic carbocycles. The molecule has 16 heavy (non-hydrogen) atoms. The van der Waals surface area contributed by atoms with Crippen LogP contribution in [-0.2, 0) is 0 Å². The number of halogens is 2. The van der Waals surface area contributed by atoms with Gasteiger partial charge in [0.05, 0.1) is 11.6 Å². The van der Waals surface area contributed by atoms with E-state index in [1.165, 1.54) is 0 Å². The van der Waals surface area contributed by atoms with Crippen molar-refractivity contribution in [2.24, 2.45) is 11.8 Å². The molecule has 4 heteroatoms. The number of hydrogen-bond donors (Lipinski definition) is 1. The lowest BCUT2D eigenvalue weighted by Gasteiger charge is -2.19. The van der Waals surface area contributed by atoms with Gasteiger partial charge in [-0.2, -0.15) is 12.6 Å². The number of ether oxygens (including phenoxy) is 1. The van der Waals surface area contributed by atoms with Crippen LogP contribution in [0.2, 0.25) is 10.0 Å². The lowest BCUT2D eigenvalue weighted by molar-refractivity contribution is 0.227. The third-order valence-corrected chi connectivity index (χ3v) is 3.82. The summed E-state index contributed by atoms with van der Waals surface area (Å²) in [4.78, 5) is 0. The van der Waals surface area contributed by atoms with Crippen LogP contribution in [-0.4, -0.2) is 12.4 Å². The monoisotopic (exact) mass is 278 g/mol. The van der Waals surface area contributed by atoms with E-state index in [4.69, 9.17) is 27.9 Å². The number of rotatable bonds is 5. The van der Waals surface area contributed by atoms with Gasteiger partial charge in [-0.05, 0) is 23.8 Å². The maximum absolute atomic E-state index is 6.02. The highest BCUT2D eigenvalue weighted by molar-refractivity contribution is 7.80. The van der Waals surface area contributed by atoms with Gasteiger partial charge in [-0.15, -0.1) is 0 Å². The predicted octanol–water partition coefficient (Wildman–Crippen LogP) is 4.57. The summed E-state index contributed by atoms with van der Waals surface area (Å²) in [6, 6.07) is 5.40. The molecular formula is C12H16Cl2OS. The SMILES string of the molecule is CC(C)C(CS)COc1cccc(Cl)c1Cl. The minimum Gasteiger partial charge on any atom is -0.492 e. The molecule has 0 fully saturated rings. The summed E-state index contributed by atoms with van der Waals surface area (Å²) in [5.74, 6) is 2.39. The molecule has 0 bridgehead atoms. The molecular weight excluding hydrogens is 263 g/mol. The van der Waals surface area contributed by atoms with Gasteiger partial charge in [0.2, 0.25) is 0 Å². The van der Waals surface area contributed by atoms with Crippen LogP contribution in [0.1, 0.15) is 13.8 Å². The van der Waals surface area contributed by atoms with E-state index in [-0.39, 0.29) is 0 Å². The Hall–Kier alpha value is -0.0500. The van der Waals surface area contributed by atoms with Crippen LogP contribution < -0.4 is 4.74 Å². The normalized spacial score (nSPS) is 12.9. The zero-order valence-corrected chi connectivity index (χ0v) is 11.8. The molecule has 1 aromatic rings. The third kappa shape index (κ3) is 3.76. The average molecular weight is 279 g/mol. The first-order valence-electron chi connectivity index (χ1n) is 5.24. The van der Waals surface area contributed by atoms with Crippen molar-refractivity contribution in [2.75, 3.05) is 12.4 Å². The zero-order chi connectivity index (χ0) is 12.1. The molecule has 1 nitrogen and oxygen atoms in total. The molecule has 0 aliphatic rings. The third-order valence-electron chi connectivity index (χ3n) is 2.55. The predicted molar refractivity (Wildman–Crippen MR) is 74.1 cm³/mol. The maximum atomic E-state index is 6.02. The first-order chi connectivity index (χ1) is 7.56. The van der Waals surface area contributed by atoms with Crippen LogP contribution in [0.25, 0.3) is 0 Å². The molecule has 0 aliphatic carbocycles. The molecule has 1 atom stereocenters. The van der Waals surface area contributed by atoms with E-state index in [0.29, 0.717) is 34.2 Å². The molecule has 0 radical (unpaired) electrons.